The molecule has 5 rings (SSSR count). The Morgan fingerprint density at radius 1 is 1.24 bits per heavy atom. The van der Waals surface area contributed by atoms with Gasteiger partial charge in [0.15, 0.2) is 11.5 Å². The summed E-state index contributed by atoms with van der Waals surface area (Å²) in [7, 11) is 1.97. The molecular formula is C19H22N4O2. The Bertz CT molecular complexity index is 896. The second kappa shape index (κ2) is 5.88. The van der Waals surface area contributed by atoms with Crippen LogP contribution in [0.3, 0.4) is 0 Å². The Kier molecular flexibility index (Phi) is 3.52. The molecule has 3 aromatic rings. The number of hydrogen-bond acceptors (Lipinski definition) is 5. The maximum absolute atomic E-state index is 5.96. The van der Waals surface area contributed by atoms with Crippen LogP contribution in [0.2, 0.25) is 0 Å². The Balaban J connectivity index is 1.30. The quantitative estimate of drug-likeness (QED) is 0.769. The van der Waals surface area contributed by atoms with Gasteiger partial charge in [0.2, 0.25) is 0 Å². The Morgan fingerprint density at radius 3 is 2.96 bits per heavy atom. The van der Waals surface area contributed by atoms with E-state index in [0.717, 1.165) is 47.9 Å². The molecule has 1 saturated carbocycles. The highest BCUT2D eigenvalue weighted by molar-refractivity contribution is 5.77. The lowest BCUT2D eigenvalue weighted by Crippen LogP contribution is -2.19. The highest BCUT2D eigenvalue weighted by atomic mass is 16.5. The molecule has 2 aromatic heterocycles. The van der Waals surface area contributed by atoms with Crippen LogP contribution in [0.15, 0.2) is 34.9 Å². The first kappa shape index (κ1) is 15.0. The molecule has 0 radical (unpaired) electrons. The molecule has 2 fully saturated rings. The molecule has 130 valence electrons. The van der Waals surface area contributed by atoms with E-state index >= 15 is 0 Å². The Hall–Kier alpha value is -2.34. The second-order valence-electron chi connectivity index (χ2n) is 7.11. The fourth-order valence-electron chi connectivity index (χ4n) is 3.64. The van der Waals surface area contributed by atoms with Crippen molar-refractivity contribution >= 4 is 16.8 Å². The van der Waals surface area contributed by atoms with Gasteiger partial charge in [-0.25, -0.2) is 4.98 Å². The number of rotatable bonds is 5. The number of fused-ring (bicyclic) bond motifs is 1. The Morgan fingerprint density at radius 2 is 2.16 bits per heavy atom. The molecule has 3 heterocycles. The molecule has 1 N–H and O–H groups in total. The normalized spacial score (nSPS) is 23.4. The number of nitrogens with zero attached hydrogens (tertiary/aromatic N) is 3. The minimum absolute atomic E-state index is 0.107. The largest absolute Gasteiger partial charge is 0.440 e. The van der Waals surface area contributed by atoms with Crippen molar-refractivity contribution in [2.45, 2.75) is 31.3 Å². The van der Waals surface area contributed by atoms with Gasteiger partial charge in [-0.2, -0.15) is 5.10 Å². The van der Waals surface area contributed by atoms with Crippen molar-refractivity contribution in [2.75, 3.05) is 18.5 Å². The summed E-state index contributed by atoms with van der Waals surface area (Å²) in [6, 6.07) is 8.22. The highest BCUT2D eigenvalue weighted by Crippen LogP contribution is 2.41. The summed E-state index contributed by atoms with van der Waals surface area (Å²) >= 11 is 0. The molecule has 25 heavy (non-hydrogen) atoms. The molecular weight excluding hydrogens is 316 g/mol. The van der Waals surface area contributed by atoms with Crippen molar-refractivity contribution in [3.8, 4) is 0 Å². The van der Waals surface area contributed by atoms with Crippen molar-refractivity contribution in [1.29, 1.82) is 0 Å². The molecule has 0 spiro atoms. The van der Waals surface area contributed by atoms with Crippen LogP contribution in [0.4, 0.5) is 5.69 Å². The zero-order valence-corrected chi connectivity index (χ0v) is 14.3. The Labute approximate surface area is 146 Å². The number of benzene rings is 1. The molecule has 0 unspecified atom stereocenters. The maximum atomic E-state index is 5.96. The molecule has 0 bridgehead atoms. The minimum atomic E-state index is 0.107. The van der Waals surface area contributed by atoms with Crippen molar-refractivity contribution in [3.63, 3.8) is 0 Å². The molecule has 1 saturated heterocycles. The van der Waals surface area contributed by atoms with E-state index in [-0.39, 0.29) is 6.10 Å². The van der Waals surface area contributed by atoms with E-state index in [2.05, 4.69) is 27.5 Å². The van der Waals surface area contributed by atoms with Crippen LogP contribution in [0.1, 0.15) is 42.9 Å². The highest BCUT2D eigenvalue weighted by Gasteiger charge is 2.31. The van der Waals surface area contributed by atoms with Gasteiger partial charge in [-0.05, 0) is 37.5 Å². The summed E-state index contributed by atoms with van der Waals surface area (Å²) in [5.41, 5.74) is 4.04. The van der Waals surface area contributed by atoms with E-state index in [9.17, 15) is 0 Å². The minimum Gasteiger partial charge on any atom is -0.440 e. The fraction of sp³-hybridized carbons (Fsp3) is 0.474. The summed E-state index contributed by atoms with van der Waals surface area (Å²) in [4.78, 5) is 4.58. The van der Waals surface area contributed by atoms with Crippen LogP contribution in [0, 0.1) is 5.92 Å². The van der Waals surface area contributed by atoms with Gasteiger partial charge >= 0.3 is 0 Å². The predicted molar refractivity (Wildman–Crippen MR) is 94.5 cm³/mol. The average Bonchev–Trinajstić information content (AvgIpc) is 3.02. The smallest absolute Gasteiger partial charge is 0.198 e. The standard InChI is InChI=1S/C19H22N4O2/c1-23-16(6-8-21-23)18-13(7-9-24-18)11-20-14-4-5-15-17(10-14)25-19(22-15)12-2-3-12/h4-6,8,10,12-13,18,20H,2-3,7,9,11H2,1H3/t13-,18+/m0/s1. The van der Waals surface area contributed by atoms with E-state index in [4.69, 9.17) is 9.15 Å². The first-order valence-electron chi connectivity index (χ1n) is 9.02. The van der Waals surface area contributed by atoms with Crippen molar-refractivity contribution < 1.29 is 9.15 Å². The summed E-state index contributed by atoms with van der Waals surface area (Å²) in [5.74, 6) is 1.87. The van der Waals surface area contributed by atoms with Crippen molar-refractivity contribution in [2.24, 2.45) is 13.0 Å². The van der Waals surface area contributed by atoms with E-state index < -0.39 is 0 Å². The number of ether oxygens (including phenoxy) is 1. The summed E-state index contributed by atoms with van der Waals surface area (Å²) < 4.78 is 13.8. The zero-order valence-electron chi connectivity index (χ0n) is 14.3. The molecule has 2 atom stereocenters. The van der Waals surface area contributed by atoms with Crippen molar-refractivity contribution in [1.82, 2.24) is 14.8 Å². The lowest BCUT2D eigenvalue weighted by atomic mass is 9.99. The van der Waals surface area contributed by atoms with Gasteiger partial charge in [0, 0.05) is 50.0 Å². The van der Waals surface area contributed by atoms with Gasteiger partial charge in [-0.15, -0.1) is 0 Å². The zero-order chi connectivity index (χ0) is 16.8. The SMILES string of the molecule is Cn1nccc1[C@@H]1OCC[C@H]1CNc1ccc2nc(C3CC3)oc2c1. The first-order valence-corrected chi connectivity index (χ1v) is 9.02. The monoisotopic (exact) mass is 338 g/mol. The van der Waals surface area contributed by atoms with Gasteiger partial charge in [0.05, 0.1) is 5.69 Å². The predicted octanol–water partition coefficient (Wildman–Crippen LogP) is 3.63. The third-order valence-electron chi connectivity index (χ3n) is 5.26. The second-order valence-corrected chi connectivity index (χ2v) is 7.11. The third-order valence-corrected chi connectivity index (χ3v) is 5.26. The molecule has 2 aliphatic rings. The number of nitrogens with one attached hydrogen (secondary N) is 1. The molecule has 0 amide bonds. The maximum Gasteiger partial charge on any atom is 0.198 e. The molecule has 1 aliphatic heterocycles. The van der Waals surface area contributed by atoms with E-state index in [1.807, 2.05) is 30.1 Å². The topological polar surface area (TPSA) is 65.1 Å². The van der Waals surface area contributed by atoms with Crippen LogP contribution in [-0.4, -0.2) is 27.9 Å². The molecule has 6 nitrogen and oxygen atoms in total. The van der Waals surface area contributed by atoms with E-state index in [1.54, 1.807) is 0 Å². The molecule has 1 aromatic carbocycles. The molecule has 6 heteroatoms. The van der Waals surface area contributed by atoms with Gasteiger partial charge < -0.3 is 14.5 Å². The number of anilines is 1. The van der Waals surface area contributed by atoms with Crippen LogP contribution in [0.5, 0.6) is 0 Å². The average molecular weight is 338 g/mol. The van der Waals surface area contributed by atoms with Crippen LogP contribution < -0.4 is 5.32 Å². The number of hydrogen-bond donors (Lipinski definition) is 1. The van der Waals surface area contributed by atoms with E-state index in [0.29, 0.717) is 11.8 Å². The van der Waals surface area contributed by atoms with Crippen molar-refractivity contribution in [3.05, 3.63) is 42.0 Å². The van der Waals surface area contributed by atoms with Crippen LogP contribution >= 0.6 is 0 Å². The van der Waals surface area contributed by atoms with Crippen LogP contribution in [0.25, 0.3) is 11.1 Å². The van der Waals surface area contributed by atoms with E-state index in [1.165, 1.54) is 12.8 Å². The number of aromatic nitrogens is 3. The summed E-state index contributed by atoms with van der Waals surface area (Å²) in [6.07, 6.45) is 5.40. The summed E-state index contributed by atoms with van der Waals surface area (Å²) in [6.45, 7) is 1.67. The number of aryl methyl sites for hydroxylation is 1. The summed E-state index contributed by atoms with van der Waals surface area (Å²) in [5, 5.41) is 7.81. The lowest BCUT2D eigenvalue weighted by molar-refractivity contribution is 0.0866. The van der Waals surface area contributed by atoms with Gasteiger partial charge in [0.25, 0.3) is 0 Å². The van der Waals surface area contributed by atoms with Crippen LogP contribution in [-0.2, 0) is 11.8 Å². The van der Waals surface area contributed by atoms with Gasteiger partial charge in [-0.1, -0.05) is 0 Å². The number of oxazole rings is 1. The lowest BCUT2D eigenvalue weighted by Gasteiger charge is -2.19. The van der Waals surface area contributed by atoms with Gasteiger partial charge in [-0.3, -0.25) is 4.68 Å². The first-order chi connectivity index (χ1) is 12.3. The van der Waals surface area contributed by atoms with Gasteiger partial charge in [0.1, 0.15) is 11.6 Å². The fourth-order valence-corrected chi connectivity index (χ4v) is 3.64. The molecule has 1 aliphatic carbocycles. The third kappa shape index (κ3) is 2.80.